The zero-order valence-electron chi connectivity index (χ0n) is 17.2. The number of hydrogen-bond acceptors (Lipinski definition) is 6. The molecule has 1 aromatic carbocycles. The van der Waals surface area contributed by atoms with Gasteiger partial charge in [0.25, 0.3) is 5.91 Å². The molecule has 2 aromatic rings. The number of carbonyl (C=O) groups is 1. The van der Waals surface area contributed by atoms with Crippen molar-refractivity contribution in [3.8, 4) is 5.75 Å². The molecule has 1 aromatic heterocycles. The third-order valence-electron chi connectivity index (χ3n) is 5.13. The van der Waals surface area contributed by atoms with Crippen molar-refractivity contribution in [1.29, 1.82) is 0 Å². The fraction of sp³-hybridized carbons (Fsp3) is 0.450. The molecule has 3 N–H and O–H groups in total. The molecular formula is C20H28N4O5S. The van der Waals surface area contributed by atoms with Gasteiger partial charge in [-0.25, -0.2) is 8.42 Å². The molecule has 1 aliphatic heterocycles. The molecule has 1 atom stereocenters. The lowest BCUT2D eigenvalue weighted by Gasteiger charge is -2.34. The Hall–Kier alpha value is -2.40. The summed E-state index contributed by atoms with van der Waals surface area (Å²) in [5.74, 6) is 0.0272. The zero-order chi connectivity index (χ0) is 21.9. The summed E-state index contributed by atoms with van der Waals surface area (Å²) in [6.45, 7) is 4.15. The molecule has 1 aliphatic rings. The number of benzene rings is 1. The van der Waals surface area contributed by atoms with E-state index in [4.69, 9.17) is 10.5 Å². The number of nitrogens with zero attached hydrogens (tertiary/aromatic N) is 3. The summed E-state index contributed by atoms with van der Waals surface area (Å²) in [6.07, 6.45) is 0.718. The topological polar surface area (TPSA) is 118 Å². The van der Waals surface area contributed by atoms with Crippen LogP contribution in [0.15, 0.2) is 41.4 Å². The number of aryl methyl sites for hydroxylation is 2. The Bertz CT molecular complexity index is 979. The number of ether oxygens (including phenoxy) is 1. The highest BCUT2D eigenvalue weighted by Gasteiger charge is 2.30. The number of hydrogen-bond donors (Lipinski definition) is 2. The minimum Gasteiger partial charge on any atom is -0.491 e. The molecule has 30 heavy (non-hydrogen) atoms. The average Bonchev–Trinajstić information content (AvgIpc) is 3.11. The molecule has 164 valence electrons. The number of amides is 1. The van der Waals surface area contributed by atoms with Crippen LogP contribution in [0.3, 0.4) is 0 Å². The van der Waals surface area contributed by atoms with E-state index in [1.807, 2.05) is 36.1 Å². The maximum Gasteiger partial charge on any atom is 0.265 e. The van der Waals surface area contributed by atoms with Gasteiger partial charge in [-0.3, -0.25) is 9.69 Å². The normalized spacial score (nSPS) is 17.0. The lowest BCUT2D eigenvalue weighted by Crippen LogP contribution is -2.50. The van der Waals surface area contributed by atoms with Gasteiger partial charge in [-0.15, -0.1) is 0 Å². The van der Waals surface area contributed by atoms with Gasteiger partial charge in [0.1, 0.15) is 29.0 Å². The van der Waals surface area contributed by atoms with E-state index in [9.17, 15) is 18.3 Å². The van der Waals surface area contributed by atoms with Crippen molar-refractivity contribution < 1.29 is 23.1 Å². The first-order valence-corrected chi connectivity index (χ1v) is 11.2. The van der Waals surface area contributed by atoms with E-state index in [0.717, 1.165) is 5.56 Å². The van der Waals surface area contributed by atoms with Crippen molar-refractivity contribution >= 4 is 15.9 Å². The van der Waals surface area contributed by atoms with Crippen LogP contribution in [0.1, 0.15) is 16.1 Å². The zero-order valence-corrected chi connectivity index (χ0v) is 18.0. The smallest absolute Gasteiger partial charge is 0.265 e. The predicted molar refractivity (Wildman–Crippen MR) is 112 cm³/mol. The highest BCUT2D eigenvalue weighted by atomic mass is 32.2. The first kappa shape index (κ1) is 22.3. The quantitative estimate of drug-likeness (QED) is 0.609. The maximum absolute atomic E-state index is 12.9. The van der Waals surface area contributed by atoms with E-state index in [-0.39, 0.29) is 17.2 Å². The summed E-state index contributed by atoms with van der Waals surface area (Å²) in [7, 11) is -2.13. The summed E-state index contributed by atoms with van der Waals surface area (Å²) >= 11 is 0. The molecule has 1 amide bonds. The molecule has 0 unspecified atom stereocenters. The maximum atomic E-state index is 12.9. The summed E-state index contributed by atoms with van der Waals surface area (Å²) < 4.78 is 34.1. The van der Waals surface area contributed by atoms with Gasteiger partial charge in [-0.1, -0.05) is 17.7 Å². The SMILES string of the molecule is Cc1ccc(OC[C@H](O)CN2CCN(S(=O)(=O)c3cc(C(N)=O)n(C)c3)CC2)cc1. The summed E-state index contributed by atoms with van der Waals surface area (Å²) in [5.41, 5.74) is 6.55. The molecule has 2 heterocycles. The Morgan fingerprint density at radius 2 is 1.83 bits per heavy atom. The lowest BCUT2D eigenvalue weighted by molar-refractivity contribution is 0.0569. The van der Waals surface area contributed by atoms with Crippen LogP contribution in [0.2, 0.25) is 0 Å². The number of nitrogens with two attached hydrogens (primary N) is 1. The number of β-amino-alcohol motifs (C(OH)–C–C–N with tert-alkyl or cyclic N) is 1. The summed E-state index contributed by atoms with van der Waals surface area (Å²) in [5, 5.41) is 10.3. The van der Waals surface area contributed by atoms with E-state index in [0.29, 0.717) is 38.5 Å². The van der Waals surface area contributed by atoms with Crippen molar-refractivity contribution in [3.63, 3.8) is 0 Å². The summed E-state index contributed by atoms with van der Waals surface area (Å²) in [6, 6.07) is 8.91. The third kappa shape index (κ3) is 5.20. The van der Waals surface area contributed by atoms with E-state index < -0.39 is 22.0 Å². The summed E-state index contributed by atoms with van der Waals surface area (Å²) in [4.78, 5) is 13.5. The molecule has 0 bridgehead atoms. The molecule has 0 spiro atoms. The van der Waals surface area contributed by atoms with Gasteiger partial charge in [0.2, 0.25) is 10.0 Å². The van der Waals surface area contributed by atoms with Gasteiger partial charge < -0.3 is 20.1 Å². The van der Waals surface area contributed by atoms with Crippen LogP contribution in [-0.4, -0.2) is 78.6 Å². The molecule has 0 aliphatic carbocycles. The molecular weight excluding hydrogens is 408 g/mol. The Morgan fingerprint density at radius 3 is 2.40 bits per heavy atom. The molecule has 0 saturated carbocycles. The number of aliphatic hydroxyl groups excluding tert-OH is 1. The molecule has 10 heteroatoms. The van der Waals surface area contributed by atoms with Crippen LogP contribution in [0.5, 0.6) is 5.75 Å². The molecule has 9 nitrogen and oxygen atoms in total. The second-order valence-electron chi connectivity index (χ2n) is 7.52. The van der Waals surface area contributed by atoms with Crippen LogP contribution < -0.4 is 10.5 Å². The largest absolute Gasteiger partial charge is 0.491 e. The highest BCUT2D eigenvalue weighted by molar-refractivity contribution is 7.89. The predicted octanol–water partition coefficient (Wildman–Crippen LogP) is 0.179. The van der Waals surface area contributed by atoms with Crippen LogP contribution in [0.25, 0.3) is 0 Å². The Balaban J connectivity index is 1.50. The van der Waals surface area contributed by atoms with Gasteiger partial charge in [0.15, 0.2) is 0 Å². The minimum atomic E-state index is -3.71. The van der Waals surface area contributed by atoms with Crippen LogP contribution >= 0.6 is 0 Å². The van der Waals surface area contributed by atoms with Crippen molar-refractivity contribution in [1.82, 2.24) is 13.8 Å². The Morgan fingerprint density at radius 1 is 1.20 bits per heavy atom. The Labute approximate surface area is 176 Å². The first-order valence-electron chi connectivity index (χ1n) is 9.73. The van der Waals surface area contributed by atoms with Crippen LogP contribution in [-0.2, 0) is 17.1 Å². The van der Waals surface area contributed by atoms with Gasteiger partial charge in [0.05, 0.1) is 0 Å². The molecule has 1 saturated heterocycles. The standard InChI is InChI=1S/C20H28N4O5S/c1-15-3-5-17(6-4-15)29-14-16(25)12-23-7-9-24(10-8-23)30(27,28)18-11-19(20(21)26)22(2)13-18/h3-6,11,13,16,25H,7-10,12,14H2,1-2H3,(H2,21,26)/t16-/m1/s1. The van der Waals surface area contributed by atoms with E-state index in [1.165, 1.54) is 21.1 Å². The molecule has 1 fully saturated rings. The van der Waals surface area contributed by atoms with E-state index in [2.05, 4.69) is 0 Å². The van der Waals surface area contributed by atoms with Crippen molar-refractivity contribution in [3.05, 3.63) is 47.8 Å². The van der Waals surface area contributed by atoms with Gasteiger partial charge in [0, 0.05) is 46.0 Å². The number of piperazine rings is 1. The number of rotatable bonds is 8. The van der Waals surface area contributed by atoms with Crippen molar-refractivity contribution in [2.75, 3.05) is 39.3 Å². The molecule has 0 radical (unpaired) electrons. The monoisotopic (exact) mass is 436 g/mol. The van der Waals surface area contributed by atoms with Gasteiger partial charge in [-0.05, 0) is 25.1 Å². The number of primary amides is 1. The highest BCUT2D eigenvalue weighted by Crippen LogP contribution is 2.20. The van der Waals surface area contributed by atoms with Crippen molar-refractivity contribution in [2.24, 2.45) is 12.8 Å². The second-order valence-corrected chi connectivity index (χ2v) is 9.46. The number of carbonyl (C=O) groups excluding carboxylic acids is 1. The van der Waals surface area contributed by atoms with Gasteiger partial charge >= 0.3 is 0 Å². The number of aliphatic hydroxyl groups is 1. The number of sulfonamides is 1. The lowest BCUT2D eigenvalue weighted by atomic mass is 10.2. The van der Waals surface area contributed by atoms with E-state index in [1.54, 1.807) is 7.05 Å². The minimum absolute atomic E-state index is 0.0544. The first-order chi connectivity index (χ1) is 14.2. The fourth-order valence-corrected chi connectivity index (χ4v) is 4.89. The van der Waals surface area contributed by atoms with E-state index >= 15 is 0 Å². The molecule has 3 rings (SSSR count). The van der Waals surface area contributed by atoms with Crippen LogP contribution in [0, 0.1) is 6.92 Å². The number of aromatic nitrogens is 1. The average molecular weight is 437 g/mol. The fourth-order valence-electron chi connectivity index (χ4n) is 3.40. The Kier molecular flexibility index (Phi) is 6.81. The third-order valence-corrected chi connectivity index (χ3v) is 7.00. The van der Waals surface area contributed by atoms with Gasteiger partial charge in [-0.2, -0.15) is 4.31 Å². The second kappa shape index (κ2) is 9.17. The van der Waals surface area contributed by atoms with Crippen LogP contribution in [0.4, 0.5) is 0 Å². The van der Waals surface area contributed by atoms with Crippen molar-refractivity contribution in [2.45, 2.75) is 17.9 Å².